The minimum atomic E-state index is -0.0534. The Hall–Kier alpha value is -1.99. The summed E-state index contributed by atoms with van der Waals surface area (Å²) in [5.74, 6) is 0. The maximum atomic E-state index is 12.7. The maximum absolute atomic E-state index is 12.7. The van der Waals surface area contributed by atoms with Crippen molar-refractivity contribution < 1.29 is 9.53 Å². The normalized spacial score (nSPS) is 16.6. The quantitative estimate of drug-likeness (QED) is 0.809. The van der Waals surface area contributed by atoms with Gasteiger partial charge in [0.1, 0.15) is 0 Å². The number of hydrogen-bond donors (Lipinski definition) is 1. The zero-order valence-corrected chi connectivity index (χ0v) is 16.2. The molecule has 3 heterocycles. The van der Waals surface area contributed by atoms with Crippen LogP contribution < -0.4 is 5.32 Å². The molecule has 26 heavy (non-hydrogen) atoms. The van der Waals surface area contributed by atoms with Gasteiger partial charge in [0.05, 0.1) is 16.8 Å². The standard InChI is InChI=1S/C19H26N4O2S/c1-14-15(2)26-18(22-14)7-10-21-19(24)23(13-17-4-3-11-25-17)12-16-5-8-20-9-6-16/h5-6,8-9,17H,3-4,7,10-13H2,1-2H3,(H,21,24)/t17-/m0/s1. The van der Waals surface area contributed by atoms with Crippen molar-refractivity contribution in [1.82, 2.24) is 20.2 Å². The molecule has 1 fully saturated rings. The molecule has 2 aromatic rings. The van der Waals surface area contributed by atoms with E-state index in [0.717, 1.165) is 42.1 Å². The number of ether oxygens (including phenoxy) is 1. The molecule has 140 valence electrons. The number of hydrogen-bond acceptors (Lipinski definition) is 5. The number of carbonyl (C=O) groups is 1. The van der Waals surface area contributed by atoms with E-state index in [0.29, 0.717) is 19.6 Å². The van der Waals surface area contributed by atoms with E-state index in [9.17, 15) is 4.79 Å². The highest BCUT2D eigenvalue weighted by Gasteiger charge is 2.22. The predicted octanol–water partition coefficient (Wildman–Crippen LogP) is 3.09. The Morgan fingerprint density at radius 2 is 2.19 bits per heavy atom. The largest absolute Gasteiger partial charge is 0.376 e. The van der Waals surface area contributed by atoms with Crippen LogP contribution in [-0.2, 0) is 17.7 Å². The van der Waals surface area contributed by atoms with E-state index in [-0.39, 0.29) is 12.1 Å². The summed E-state index contributed by atoms with van der Waals surface area (Å²) in [6, 6.07) is 3.83. The molecule has 0 saturated carbocycles. The second-order valence-corrected chi connectivity index (χ2v) is 7.89. The third kappa shape index (κ3) is 5.25. The molecule has 1 atom stereocenters. The third-order valence-electron chi connectivity index (χ3n) is 4.55. The molecule has 1 saturated heterocycles. The molecular weight excluding hydrogens is 348 g/mol. The van der Waals surface area contributed by atoms with Crippen LogP contribution in [0.2, 0.25) is 0 Å². The smallest absolute Gasteiger partial charge is 0.317 e. The number of nitrogens with one attached hydrogen (secondary N) is 1. The lowest BCUT2D eigenvalue weighted by Crippen LogP contribution is -2.43. The molecule has 0 aromatic carbocycles. The van der Waals surface area contributed by atoms with Crippen LogP contribution in [0, 0.1) is 13.8 Å². The van der Waals surface area contributed by atoms with E-state index in [1.807, 2.05) is 24.0 Å². The third-order valence-corrected chi connectivity index (χ3v) is 5.68. The van der Waals surface area contributed by atoms with Crippen LogP contribution in [0.4, 0.5) is 4.79 Å². The summed E-state index contributed by atoms with van der Waals surface area (Å²) in [6.07, 6.45) is 6.48. The SMILES string of the molecule is Cc1nc(CCNC(=O)N(Cc2ccncc2)C[C@@H]2CCCO2)sc1C. The molecule has 1 N–H and O–H groups in total. The van der Waals surface area contributed by atoms with Gasteiger partial charge in [-0.3, -0.25) is 4.98 Å². The van der Waals surface area contributed by atoms with Crippen molar-refractivity contribution in [1.29, 1.82) is 0 Å². The van der Waals surface area contributed by atoms with Gasteiger partial charge in [0, 0.05) is 49.9 Å². The molecule has 1 aliphatic heterocycles. The van der Waals surface area contributed by atoms with E-state index >= 15 is 0 Å². The zero-order chi connectivity index (χ0) is 18.4. The summed E-state index contributed by atoms with van der Waals surface area (Å²) >= 11 is 1.70. The molecule has 0 unspecified atom stereocenters. The Labute approximate surface area is 158 Å². The topological polar surface area (TPSA) is 67.4 Å². The van der Waals surface area contributed by atoms with Gasteiger partial charge in [0.2, 0.25) is 0 Å². The highest BCUT2D eigenvalue weighted by atomic mass is 32.1. The molecule has 6 nitrogen and oxygen atoms in total. The number of amides is 2. The van der Waals surface area contributed by atoms with E-state index in [2.05, 4.69) is 22.2 Å². The summed E-state index contributed by atoms with van der Waals surface area (Å²) in [4.78, 5) is 24.4. The molecule has 2 amide bonds. The zero-order valence-electron chi connectivity index (χ0n) is 15.4. The average Bonchev–Trinajstić information content (AvgIpc) is 3.25. The number of aromatic nitrogens is 2. The van der Waals surface area contributed by atoms with E-state index < -0.39 is 0 Å². The number of aryl methyl sites for hydroxylation is 2. The van der Waals surface area contributed by atoms with Gasteiger partial charge in [-0.05, 0) is 44.4 Å². The first-order chi connectivity index (χ1) is 12.6. The first-order valence-electron chi connectivity index (χ1n) is 9.08. The van der Waals surface area contributed by atoms with Crippen molar-refractivity contribution in [2.24, 2.45) is 0 Å². The molecule has 0 bridgehead atoms. The van der Waals surface area contributed by atoms with Gasteiger partial charge in [-0.15, -0.1) is 11.3 Å². The Bertz CT molecular complexity index is 694. The van der Waals surface area contributed by atoms with Crippen molar-refractivity contribution in [3.05, 3.63) is 45.7 Å². The number of pyridine rings is 1. The fraction of sp³-hybridized carbons (Fsp3) is 0.526. The van der Waals surface area contributed by atoms with Crippen molar-refractivity contribution >= 4 is 17.4 Å². The van der Waals surface area contributed by atoms with Crippen molar-refractivity contribution in [3.8, 4) is 0 Å². The fourth-order valence-electron chi connectivity index (χ4n) is 3.00. The number of carbonyl (C=O) groups excluding carboxylic acids is 1. The second-order valence-electron chi connectivity index (χ2n) is 6.60. The minimum Gasteiger partial charge on any atom is -0.376 e. The summed E-state index contributed by atoms with van der Waals surface area (Å²) in [5.41, 5.74) is 2.15. The molecule has 2 aromatic heterocycles. The van der Waals surface area contributed by atoms with E-state index in [4.69, 9.17) is 4.74 Å². The van der Waals surface area contributed by atoms with Crippen LogP contribution >= 0.6 is 11.3 Å². The maximum Gasteiger partial charge on any atom is 0.317 e. The minimum absolute atomic E-state index is 0.0534. The molecular formula is C19H26N4O2S. The second kappa shape index (κ2) is 9.09. The number of nitrogens with zero attached hydrogens (tertiary/aromatic N) is 3. The summed E-state index contributed by atoms with van der Waals surface area (Å²) in [5, 5.41) is 4.11. The lowest BCUT2D eigenvalue weighted by Gasteiger charge is -2.25. The van der Waals surface area contributed by atoms with Crippen LogP contribution in [0.25, 0.3) is 0 Å². The Morgan fingerprint density at radius 1 is 1.38 bits per heavy atom. The fourth-order valence-corrected chi connectivity index (χ4v) is 3.93. The van der Waals surface area contributed by atoms with Gasteiger partial charge in [0.15, 0.2) is 0 Å². The first kappa shape index (κ1) is 18.8. The van der Waals surface area contributed by atoms with Crippen LogP contribution in [-0.4, -0.2) is 46.7 Å². The molecule has 3 rings (SSSR count). The van der Waals surface area contributed by atoms with Crippen LogP contribution in [0.5, 0.6) is 0 Å². The molecule has 0 aliphatic carbocycles. The Morgan fingerprint density at radius 3 is 2.85 bits per heavy atom. The summed E-state index contributed by atoms with van der Waals surface area (Å²) in [7, 11) is 0. The van der Waals surface area contributed by atoms with E-state index in [1.165, 1.54) is 4.88 Å². The van der Waals surface area contributed by atoms with Gasteiger partial charge in [-0.2, -0.15) is 0 Å². The lowest BCUT2D eigenvalue weighted by molar-refractivity contribution is 0.0795. The number of urea groups is 1. The van der Waals surface area contributed by atoms with Crippen molar-refractivity contribution in [2.75, 3.05) is 19.7 Å². The van der Waals surface area contributed by atoms with Gasteiger partial charge in [0.25, 0.3) is 0 Å². The lowest BCUT2D eigenvalue weighted by atomic mass is 10.2. The monoisotopic (exact) mass is 374 g/mol. The van der Waals surface area contributed by atoms with Crippen molar-refractivity contribution in [3.63, 3.8) is 0 Å². The Balaban J connectivity index is 1.56. The number of thiazole rings is 1. The average molecular weight is 375 g/mol. The van der Waals surface area contributed by atoms with Crippen LogP contribution in [0.3, 0.4) is 0 Å². The van der Waals surface area contributed by atoms with Gasteiger partial charge >= 0.3 is 6.03 Å². The van der Waals surface area contributed by atoms with Crippen LogP contribution in [0.15, 0.2) is 24.5 Å². The number of rotatable bonds is 7. The first-order valence-corrected chi connectivity index (χ1v) is 9.89. The van der Waals surface area contributed by atoms with Gasteiger partial charge < -0.3 is 15.0 Å². The molecule has 0 radical (unpaired) electrons. The molecule has 1 aliphatic rings. The van der Waals surface area contributed by atoms with Gasteiger partial charge in [-0.25, -0.2) is 9.78 Å². The predicted molar refractivity (Wildman–Crippen MR) is 102 cm³/mol. The van der Waals surface area contributed by atoms with E-state index in [1.54, 1.807) is 23.7 Å². The van der Waals surface area contributed by atoms with Gasteiger partial charge in [-0.1, -0.05) is 0 Å². The molecule has 0 spiro atoms. The molecule has 7 heteroatoms. The highest BCUT2D eigenvalue weighted by Crippen LogP contribution is 2.17. The Kier molecular flexibility index (Phi) is 6.57. The van der Waals surface area contributed by atoms with Crippen LogP contribution in [0.1, 0.15) is 34.0 Å². The van der Waals surface area contributed by atoms with Crippen molar-refractivity contribution in [2.45, 2.75) is 45.8 Å². The highest BCUT2D eigenvalue weighted by molar-refractivity contribution is 7.11. The summed E-state index contributed by atoms with van der Waals surface area (Å²) in [6.45, 7) is 6.65. The summed E-state index contributed by atoms with van der Waals surface area (Å²) < 4.78 is 5.72.